The van der Waals surface area contributed by atoms with Crippen molar-refractivity contribution < 1.29 is 57.7 Å². The van der Waals surface area contributed by atoms with E-state index in [-0.39, 0.29) is 22.7 Å². The Kier molecular flexibility index (Phi) is 15.0. The second-order valence-corrected chi connectivity index (χ2v) is 21.2. The number of hydrogen-bond acceptors (Lipinski definition) is 18. The average Bonchev–Trinajstić information content (AvgIpc) is 1.61. The minimum absolute atomic E-state index is 0.0194. The fourth-order valence-electron chi connectivity index (χ4n) is 11.4. The van der Waals surface area contributed by atoms with Crippen molar-refractivity contribution in [1.82, 2.24) is 19.9 Å². The van der Waals surface area contributed by atoms with Gasteiger partial charge in [0.25, 0.3) is 45.5 Å². The van der Waals surface area contributed by atoms with Gasteiger partial charge in [0.15, 0.2) is 49.6 Å². The summed E-state index contributed by atoms with van der Waals surface area (Å²) in [5.74, 6) is 0. The minimum atomic E-state index is -0.743. The molecule has 8 bridgehead atoms. The van der Waals surface area contributed by atoms with E-state index in [1.807, 2.05) is 0 Å². The first kappa shape index (κ1) is 60.2. The van der Waals surface area contributed by atoms with Gasteiger partial charge in [0, 0.05) is 141 Å². The van der Waals surface area contributed by atoms with Crippen LogP contribution in [-0.2, 0) is 0 Å². The molecule has 7 aromatic heterocycles. The normalized spacial score (nSPS) is 11.5. The standard InChI is InChI=1S/C64H37N16O16/c81-73(82)41-1-13-53(57(33-41)77(89)90)69-25-17-37(18-26-69)61-45-5-7-47(65-45)62(38-19-27-70(28-20-38)54-14-2-42(74(83)84)34-58(54)78(91)92)49-9-11-51(67-49)64(40-23-31-72(32-24-40)56-16-4-44(76(87)88)36-60(56)80(95)96)52-12-10-50(68-52)63(48-8-6-46(61)66-48)39-21-29-71(30-22-39)55-15-3-43(75(85)86)35-59(55)79(93)94/h1-36H,(H,65,66,67,68)/q+3/p+1. The van der Waals surface area contributed by atoms with E-state index in [0.717, 1.165) is 48.5 Å². The maximum absolute atomic E-state index is 12.3. The van der Waals surface area contributed by atoms with Crippen LogP contribution in [0.1, 0.15) is 22.8 Å². The van der Waals surface area contributed by atoms with Crippen LogP contribution in [0, 0.1) is 80.9 Å². The summed E-state index contributed by atoms with van der Waals surface area (Å²) in [6.45, 7) is 0. The van der Waals surface area contributed by atoms with Gasteiger partial charge in [0.1, 0.15) is 24.3 Å². The van der Waals surface area contributed by atoms with Crippen molar-refractivity contribution in [3.05, 3.63) is 299 Å². The van der Waals surface area contributed by atoms with E-state index in [2.05, 4.69) is 9.97 Å². The summed E-state index contributed by atoms with van der Waals surface area (Å²) in [4.78, 5) is 108. The molecule has 0 fully saturated rings. The number of nitrogens with zero attached hydrogens (tertiary/aromatic N) is 14. The van der Waals surface area contributed by atoms with Crippen molar-refractivity contribution in [2.45, 2.75) is 0 Å². The lowest BCUT2D eigenvalue weighted by atomic mass is 10.0. The highest BCUT2D eigenvalue weighted by Gasteiger charge is 2.32. The van der Waals surface area contributed by atoms with E-state index in [1.54, 1.807) is 97.1 Å². The fourth-order valence-corrected chi connectivity index (χ4v) is 11.4. The van der Waals surface area contributed by atoms with Gasteiger partial charge >= 0.3 is 22.7 Å². The Morgan fingerprint density at radius 2 is 0.458 bits per heavy atom. The second kappa shape index (κ2) is 23.9. The average molecular weight is 1290 g/mol. The summed E-state index contributed by atoms with van der Waals surface area (Å²) in [5.41, 5.74) is 3.28. The van der Waals surface area contributed by atoms with Gasteiger partial charge in [-0.05, 0) is 70.8 Å². The fraction of sp³-hybridized carbons (Fsp3) is 0. The molecule has 0 saturated carbocycles. The molecular formula is C64H38N16O16+4. The maximum Gasteiger partial charge on any atom is 0.347 e. The van der Waals surface area contributed by atoms with Gasteiger partial charge in [-0.1, -0.05) is 0 Å². The highest BCUT2D eigenvalue weighted by atomic mass is 16.7. The molecule has 96 heavy (non-hydrogen) atoms. The molecule has 32 nitrogen and oxygen atoms in total. The predicted molar refractivity (Wildman–Crippen MR) is 340 cm³/mol. The third-order valence-electron chi connectivity index (χ3n) is 15.8. The van der Waals surface area contributed by atoms with Crippen LogP contribution >= 0.6 is 0 Å². The molecule has 32 heteroatoms. The van der Waals surface area contributed by atoms with Crippen molar-refractivity contribution in [2.24, 2.45) is 0 Å². The minimum Gasteiger partial charge on any atom is -0.354 e. The summed E-state index contributed by atoms with van der Waals surface area (Å²) in [6.07, 6.45) is 19.3. The Morgan fingerprint density at radius 3 is 0.635 bits per heavy atom. The first-order valence-corrected chi connectivity index (χ1v) is 28.1. The van der Waals surface area contributed by atoms with Crippen molar-refractivity contribution in [1.29, 1.82) is 0 Å². The van der Waals surface area contributed by atoms with Crippen molar-refractivity contribution in [3.63, 3.8) is 0 Å². The number of nitro groups is 8. The Balaban J connectivity index is 1.08. The Bertz CT molecular complexity index is 4840. The van der Waals surface area contributed by atoms with Gasteiger partial charge in [-0.2, -0.15) is 18.3 Å². The lowest BCUT2D eigenvalue weighted by Crippen LogP contribution is -2.30. The summed E-state index contributed by atoms with van der Waals surface area (Å²) in [5, 5.41) is 96.0. The van der Waals surface area contributed by atoms with E-state index in [4.69, 9.17) is 9.97 Å². The quantitative estimate of drug-likeness (QED) is 0.0515. The van der Waals surface area contributed by atoms with Gasteiger partial charge in [-0.15, -0.1) is 0 Å². The molecule has 2 N–H and O–H groups in total. The van der Waals surface area contributed by atoms with Gasteiger partial charge < -0.3 is 9.97 Å². The molecule has 0 radical (unpaired) electrons. The predicted octanol–water partition coefficient (Wildman–Crippen LogP) is 11.7. The molecule has 0 spiro atoms. The number of aromatic nitrogens is 8. The molecule has 0 saturated heterocycles. The van der Waals surface area contributed by atoms with E-state index < -0.39 is 84.9 Å². The number of aromatic amines is 2. The number of non-ortho nitro benzene ring substituents is 4. The van der Waals surface area contributed by atoms with E-state index in [0.29, 0.717) is 89.4 Å². The van der Waals surface area contributed by atoms with Crippen LogP contribution in [0.4, 0.5) is 45.5 Å². The monoisotopic (exact) mass is 1290 g/mol. The number of pyridine rings is 4. The van der Waals surface area contributed by atoms with Gasteiger partial charge in [-0.25, -0.2) is 9.97 Å². The zero-order valence-electron chi connectivity index (χ0n) is 48.6. The van der Waals surface area contributed by atoms with Crippen LogP contribution in [0.15, 0.2) is 195 Å². The number of H-pyrrole nitrogens is 2. The third-order valence-corrected chi connectivity index (χ3v) is 15.8. The molecule has 466 valence electrons. The molecule has 13 rings (SSSR count). The summed E-state index contributed by atoms with van der Waals surface area (Å²) >= 11 is 0. The van der Waals surface area contributed by atoms with Crippen LogP contribution in [0.2, 0.25) is 0 Å². The molecule has 0 unspecified atom stereocenters. The summed E-state index contributed by atoms with van der Waals surface area (Å²) < 4.78 is 5.70. The van der Waals surface area contributed by atoms with E-state index >= 15 is 0 Å². The smallest absolute Gasteiger partial charge is 0.347 e. The molecule has 11 aromatic rings. The number of benzene rings is 4. The van der Waals surface area contributed by atoms with Crippen LogP contribution in [0.5, 0.6) is 0 Å². The largest absolute Gasteiger partial charge is 0.354 e. The van der Waals surface area contributed by atoms with Crippen molar-refractivity contribution in [2.75, 3.05) is 0 Å². The van der Waals surface area contributed by atoms with Crippen LogP contribution in [-0.4, -0.2) is 59.3 Å². The topological polar surface area (TPSA) is 418 Å². The number of fused-ring (bicyclic) bond motifs is 8. The van der Waals surface area contributed by atoms with Gasteiger partial charge in [-0.3, -0.25) is 80.9 Å². The number of nitrogens with one attached hydrogen (secondary N) is 2. The second-order valence-electron chi connectivity index (χ2n) is 21.2. The molecule has 0 amide bonds. The molecule has 2 aliphatic rings. The summed E-state index contributed by atoms with van der Waals surface area (Å²) in [7, 11) is 0. The lowest BCUT2D eigenvalue weighted by molar-refractivity contribution is -0.601. The van der Waals surface area contributed by atoms with Crippen molar-refractivity contribution >= 4 is 91.9 Å². The molecule has 0 atom stereocenters. The molecule has 2 aliphatic heterocycles. The van der Waals surface area contributed by atoms with Crippen LogP contribution in [0.25, 0.3) is 114 Å². The maximum atomic E-state index is 12.3. The Labute approximate surface area is 533 Å². The van der Waals surface area contributed by atoms with Crippen molar-refractivity contribution in [3.8, 4) is 67.3 Å². The van der Waals surface area contributed by atoms with Gasteiger partial charge in [0.05, 0.1) is 62.2 Å². The number of nitro benzene ring substituents is 8. The summed E-state index contributed by atoms with van der Waals surface area (Å²) in [6, 6.07) is 33.5. The molecule has 0 aliphatic carbocycles. The first-order valence-electron chi connectivity index (χ1n) is 28.1. The van der Waals surface area contributed by atoms with E-state index in [1.165, 1.54) is 92.1 Å². The third kappa shape index (κ3) is 11.1. The number of rotatable bonds is 16. The molecule has 9 heterocycles. The zero-order chi connectivity index (χ0) is 67.4. The van der Waals surface area contributed by atoms with Gasteiger partial charge in [0.2, 0.25) is 0 Å². The zero-order valence-corrected chi connectivity index (χ0v) is 48.6. The lowest BCUT2D eigenvalue weighted by Gasteiger charge is -2.07. The highest BCUT2D eigenvalue weighted by molar-refractivity contribution is 5.99. The molecule has 4 aromatic carbocycles. The SMILES string of the molecule is O=[N+]([O-])c1ccc(-[n+]2ccc(-c3c4nc(c(-c5cc[n+](-c6ccc([N+](=O)[O-])cc6[N+](=O)[O-])cc5)c5ccc([nH]5)c(-c5cc[n+](-c6ccc([N+](=O)[O-])cc6[N+](=O)[O-])cc5)c5nc(c(-c6cc[n+](-c7ccc([N+](=O)[O-])cc7[N+](=O)[O-])cc6)c6ccc3[nH]6)C=C5)C=C4)cc2)c([N+](=O)[O-])c1. The van der Waals surface area contributed by atoms with Crippen LogP contribution < -0.4 is 18.3 Å². The Morgan fingerprint density at radius 1 is 0.260 bits per heavy atom. The van der Waals surface area contributed by atoms with Crippen LogP contribution in [0.3, 0.4) is 0 Å². The van der Waals surface area contributed by atoms with E-state index in [9.17, 15) is 80.9 Å². The Hall–Kier alpha value is -14.7. The molecular weight excluding hydrogens is 1250 g/mol. The highest BCUT2D eigenvalue weighted by Crippen LogP contribution is 2.40. The first-order chi connectivity index (χ1) is 46.2. The number of hydrogen-bond donors (Lipinski definition) is 2.